The molecule has 0 heterocycles. The molecular weight excluding hydrogens is 360 g/mol. The molecule has 9 heteroatoms. The first-order valence-electron chi connectivity index (χ1n) is 8.11. The van der Waals surface area contributed by atoms with Gasteiger partial charge in [-0.15, -0.1) is 0 Å². The fourth-order valence-corrected chi connectivity index (χ4v) is 3.51. The topological polar surface area (TPSA) is 122 Å². The number of carbonyl (C=O) groups excluding carboxylic acids is 1. The molecule has 0 aliphatic rings. The van der Waals surface area contributed by atoms with Gasteiger partial charge in [0, 0.05) is 5.69 Å². The number of rotatable bonds is 7. The lowest BCUT2D eigenvalue weighted by atomic mass is 10.1. The van der Waals surface area contributed by atoms with Crippen molar-refractivity contribution < 1.29 is 27.9 Å². The van der Waals surface area contributed by atoms with Gasteiger partial charge in [-0.25, -0.2) is 17.9 Å². The molecule has 0 bridgehead atoms. The molecule has 3 N–H and O–H groups in total. The van der Waals surface area contributed by atoms with Crippen LogP contribution in [-0.4, -0.2) is 37.2 Å². The second kappa shape index (κ2) is 8.50. The minimum atomic E-state index is -3.83. The molecule has 8 nitrogen and oxygen atoms in total. The minimum Gasteiger partial charge on any atom is -0.480 e. The van der Waals surface area contributed by atoms with Crippen LogP contribution >= 0.6 is 0 Å². The van der Waals surface area contributed by atoms with Gasteiger partial charge in [0.25, 0.3) is 0 Å². The molecule has 0 radical (unpaired) electrons. The lowest BCUT2D eigenvalue weighted by molar-refractivity contribution is -0.140. The third-order valence-corrected chi connectivity index (χ3v) is 4.52. The summed E-state index contributed by atoms with van der Waals surface area (Å²) >= 11 is 0. The third kappa shape index (κ3) is 7.83. The molecule has 0 fully saturated rings. The number of hydrogen-bond acceptors (Lipinski definition) is 5. The first kappa shape index (κ1) is 21.9. The second-order valence-electron chi connectivity index (χ2n) is 7.26. The molecule has 1 aromatic carbocycles. The van der Waals surface area contributed by atoms with Gasteiger partial charge >= 0.3 is 12.1 Å². The summed E-state index contributed by atoms with van der Waals surface area (Å²) < 4.78 is 31.7. The molecular formula is C17H26N2O6S. The normalized spacial score (nSPS) is 13.3. The molecule has 146 valence electrons. The number of ether oxygens (including phenoxy) is 1. The predicted molar refractivity (Wildman–Crippen MR) is 98.3 cm³/mol. The lowest BCUT2D eigenvalue weighted by Crippen LogP contribution is -2.44. The van der Waals surface area contributed by atoms with Gasteiger partial charge in [0.05, 0.1) is 5.75 Å². The van der Waals surface area contributed by atoms with E-state index in [0.717, 1.165) is 0 Å². The fourth-order valence-electron chi connectivity index (χ4n) is 2.03. The maximum absolute atomic E-state index is 12.2. The zero-order chi connectivity index (χ0) is 20.1. The summed E-state index contributed by atoms with van der Waals surface area (Å²) in [6.45, 7) is 8.48. The van der Waals surface area contributed by atoms with E-state index in [9.17, 15) is 18.0 Å². The van der Waals surface area contributed by atoms with Gasteiger partial charge in [0.2, 0.25) is 10.0 Å². The molecule has 0 unspecified atom stereocenters. The van der Waals surface area contributed by atoms with E-state index < -0.39 is 33.7 Å². The summed E-state index contributed by atoms with van der Waals surface area (Å²) in [6.07, 6.45) is -0.610. The highest BCUT2D eigenvalue weighted by atomic mass is 32.2. The summed E-state index contributed by atoms with van der Waals surface area (Å²) in [7, 11) is -3.83. The summed E-state index contributed by atoms with van der Waals surface area (Å²) in [5.41, 5.74) is 0.292. The van der Waals surface area contributed by atoms with Crippen LogP contribution in [0.5, 0.6) is 0 Å². The summed E-state index contributed by atoms with van der Waals surface area (Å²) in [5.74, 6) is -1.97. The number of carboxylic acid groups (broad SMARTS) is 1. The third-order valence-electron chi connectivity index (χ3n) is 3.20. The molecule has 0 saturated heterocycles. The van der Waals surface area contributed by atoms with Gasteiger partial charge in [-0.05, 0) is 44.4 Å². The van der Waals surface area contributed by atoms with Crippen LogP contribution < -0.4 is 10.0 Å². The van der Waals surface area contributed by atoms with Crippen molar-refractivity contribution in [1.82, 2.24) is 4.72 Å². The Hall–Kier alpha value is -2.13. The van der Waals surface area contributed by atoms with Crippen LogP contribution in [0.4, 0.5) is 10.5 Å². The van der Waals surface area contributed by atoms with Crippen molar-refractivity contribution in [2.24, 2.45) is 5.92 Å². The molecule has 0 spiro atoms. The number of amides is 1. The number of sulfonamides is 1. The number of benzene rings is 1. The number of anilines is 1. The van der Waals surface area contributed by atoms with E-state index >= 15 is 0 Å². The number of nitrogens with one attached hydrogen (secondary N) is 2. The van der Waals surface area contributed by atoms with E-state index in [1.54, 1.807) is 46.8 Å². The van der Waals surface area contributed by atoms with Gasteiger partial charge in [0.1, 0.15) is 11.6 Å². The number of carboxylic acids is 1. The van der Waals surface area contributed by atoms with Crippen molar-refractivity contribution in [1.29, 1.82) is 0 Å². The van der Waals surface area contributed by atoms with Crippen molar-refractivity contribution >= 4 is 27.8 Å². The number of aliphatic carboxylic acids is 1. The smallest absolute Gasteiger partial charge is 0.412 e. The van der Waals surface area contributed by atoms with Gasteiger partial charge in [0.15, 0.2) is 0 Å². The monoisotopic (exact) mass is 386 g/mol. The lowest BCUT2D eigenvalue weighted by Gasteiger charge is -2.20. The zero-order valence-electron chi connectivity index (χ0n) is 15.6. The van der Waals surface area contributed by atoms with Crippen LogP contribution in [0.1, 0.15) is 40.2 Å². The Kier molecular flexibility index (Phi) is 7.16. The van der Waals surface area contributed by atoms with Gasteiger partial charge in [-0.2, -0.15) is 0 Å². The van der Waals surface area contributed by atoms with Crippen molar-refractivity contribution in [3.63, 3.8) is 0 Å². The van der Waals surface area contributed by atoms with Gasteiger partial charge < -0.3 is 9.84 Å². The Balaban J connectivity index is 2.74. The van der Waals surface area contributed by atoms with E-state index in [1.165, 1.54) is 12.1 Å². The van der Waals surface area contributed by atoms with Crippen LogP contribution in [0.3, 0.4) is 0 Å². The Labute approximate surface area is 154 Å². The van der Waals surface area contributed by atoms with Crippen molar-refractivity contribution in [3.05, 3.63) is 29.8 Å². The van der Waals surface area contributed by atoms with E-state index in [0.29, 0.717) is 11.3 Å². The number of carbonyl (C=O) groups is 2. The largest absolute Gasteiger partial charge is 0.480 e. The second-order valence-corrected chi connectivity index (χ2v) is 9.01. The maximum Gasteiger partial charge on any atom is 0.412 e. The van der Waals surface area contributed by atoms with E-state index in [4.69, 9.17) is 9.84 Å². The first-order chi connectivity index (χ1) is 11.8. The molecule has 0 saturated carbocycles. The highest BCUT2D eigenvalue weighted by Gasteiger charge is 2.27. The van der Waals surface area contributed by atoms with Crippen LogP contribution in [0.2, 0.25) is 0 Å². The Morgan fingerprint density at radius 1 is 1.15 bits per heavy atom. The van der Waals surface area contributed by atoms with E-state index in [2.05, 4.69) is 10.0 Å². The van der Waals surface area contributed by atoms with Crippen LogP contribution in [-0.2, 0) is 25.3 Å². The molecule has 1 amide bonds. The zero-order valence-corrected chi connectivity index (χ0v) is 16.4. The highest BCUT2D eigenvalue weighted by Crippen LogP contribution is 2.15. The number of hydrogen-bond donors (Lipinski definition) is 3. The van der Waals surface area contributed by atoms with Gasteiger partial charge in [-0.1, -0.05) is 26.0 Å². The summed E-state index contributed by atoms with van der Waals surface area (Å²) in [6, 6.07) is 4.99. The van der Waals surface area contributed by atoms with Crippen molar-refractivity contribution in [2.45, 2.75) is 52.0 Å². The summed E-state index contributed by atoms with van der Waals surface area (Å²) in [5, 5.41) is 11.6. The van der Waals surface area contributed by atoms with Gasteiger partial charge in [-0.3, -0.25) is 10.1 Å². The van der Waals surface area contributed by atoms with Crippen LogP contribution in [0, 0.1) is 5.92 Å². The van der Waals surface area contributed by atoms with E-state index in [1.807, 2.05) is 0 Å². The van der Waals surface area contributed by atoms with Crippen molar-refractivity contribution in [2.75, 3.05) is 5.32 Å². The van der Waals surface area contributed by atoms with Crippen LogP contribution in [0.25, 0.3) is 0 Å². The Morgan fingerprint density at radius 3 is 2.12 bits per heavy atom. The molecule has 26 heavy (non-hydrogen) atoms. The molecule has 1 aromatic rings. The molecule has 0 aromatic heterocycles. The van der Waals surface area contributed by atoms with Crippen molar-refractivity contribution in [3.8, 4) is 0 Å². The minimum absolute atomic E-state index is 0.365. The van der Waals surface area contributed by atoms with E-state index in [-0.39, 0.29) is 11.7 Å². The standard InChI is InChI=1S/C17H26N2O6S/c1-11(2)14(15(20)21)19-26(23,24)10-12-6-8-13(9-7-12)18-16(22)25-17(3,4)5/h6-9,11,14,19H,10H2,1-5H3,(H,18,22)(H,20,21)/t14-/m1/s1. The summed E-state index contributed by atoms with van der Waals surface area (Å²) in [4.78, 5) is 22.8. The SMILES string of the molecule is CC(C)[C@@H](NS(=O)(=O)Cc1ccc(NC(=O)OC(C)(C)C)cc1)C(=O)O. The predicted octanol–water partition coefficient (Wildman–Crippen LogP) is 2.56. The first-order valence-corrected chi connectivity index (χ1v) is 9.76. The maximum atomic E-state index is 12.2. The quantitative estimate of drug-likeness (QED) is 0.662. The average molecular weight is 386 g/mol. The Morgan fingerprint density at radius 2 is 1.69 bits per heavy atom. The van der Waals surface area contributed by atoms with Crippen LogP contribution in [0.15, 0.2) is 24.3 Å². The Bertz CT molecular complexity index is 736. The average Bonchev–Trinajstić information content (AvgIpc) is 2.44. The molecule has 0 aliphatic carbocycles. The molecule has 0 aliphatic heterocycles. The highest BCUT2D eigenvalue weighted by molar-refractivity contribution is 7.88. The molecule has 1 rings (SSSR count). The molecule has 1 atom stereocenters. The fraction of sp³-hybridized carbons (Fsp3) is 0.529.